The van der Waals surface area contributed by atoms with Crippen LogP contribution in [0, 0.1) is 6.92 Å². The third-order valence-corrected chi connectivity index (χ3v) is 4.41. The van der Waals surface area contributed by atoms with Gasteiger partial charge in [-0.15, -0.1) is 0 Å². The van der Waals surface area contributed by atoms with Gasteiger partial charge < -0.3 is 10.3 Å². The van der Waals surface area contributed by atoms with Gasteiger partial charge >= 0.3 is 0 Å². The molecule has 1 heterocycles. The summed E-state index contributed by atoms with van der Waals surface area (Å²) in [5.41, 5.74) is 3.80. The van der Waals surface area contributed by atoms with E-state index in [9.17, 15) is 4.79 Å². The fraction of sp³-hybridized carbons (Fsp3) is 0.176. The third kappa shape index (κ3) is 3.14. The second-order valence-electron chi connectivity index (χ2n) is 5.12. The lowest BCUT2D eigenvalue weighted by Crippen LogP contribution is -2.22. The van der Waals surface area contributed by atoms with Gasteiger partial charge in [0.05, 0.1) is 16.3 Å². The van der Waals surface area contributed by atoms with E-state index < -0.39 is 0 Å². The standard InChI is InChI=1S/C17H17N3OS/c1-11-7-3-4-8-13(11)18-16(21)12(2)22-17-19-14-9-5-6-10-15(14)20-17/h3-10,12H,1-2H3,(H,18,21)(H,19,20)/t12-/m1/s1. The lowest BCUT2D eigenvalue weighted by molar-refractivity contribution is -0.115. The Labute approximate surface area is 133 Å². The fourth-order valence-corrected chi connectivity index (χ4v) is 2.97. The van der Waals surface area contributed by atoms with Crippen molar-refractivity contribution in [3.8, 4) is 0 Å². The number of amides is 1. The minimum absolute atomic E-state index is 0.0280. The SMILES string of the molecule is Cc1ccccc1NC(=O)[C@@H](C)Sc1nc2ccccc2[nH]1. The first kappa shape index (κ1) is 14.7. The van der Waals surface area contributed by atoms with Gasteiger partial charge in [0, 0.05) is 5.69 Å². The highest BCUT2D eigenvalue weighted by Gasteiger charge is 2.17. The normalized spacial score (nSPS) is 12.3. The van der Waals surface area contributed by atoms with Crippen molar-refractivity contribution in [1.82, 2.24) is 9.97 Å². The van der Waals surface area contributed by atoms with Crippen LogP contribution in [0.5, 0.6) is 0 Å². The topological polar surface area (TPSA) is 57.8 Å². The summed E-state index contributed by atoms with van der Waals surface area (Å²) in [6.45, 7) is 3.86. The monoisotopic (exact) mass is 311 g/mol. The molecule has 4 nitrogen and oxygen atoms in total. The van der Waals surface area contributed by atoms with E-state index in [1.54, 1.807) is 0 Å². The predicted octanol–water partition coefficient (Wildman–Crippen LogP) is 3.99. The molecule has 22 heavy (non-hydrogen) atoms. The van der Waals surface area contributed by atoms with Gasteiger partial charge in [0.25, 0.3) is 0 Å². The van der Waals surface area contributed by atoms with E-state index in [0.29, 0.717) is 0 Å². The van der Waals surface area contributed by atoms with Crippen LogP contribution in [0.4, 0.5) is 5.69 Å². The van der Waals surface area contributed by atoms with Crippen LogP contribution in [0.3, 0.4) is 0 Å². The summed E-state index contributed by atoms with van der Waals surface area (Å²) in [5, 5.41) is 3.48. The van der Waals surface area contributed by atoms with Gasteiger partial charge in [-0.2, -0.15) is 0 Å². The fourth-order valence-electron chi connectivity index (χ4n) is 2.15. The maximum absolute atomic E-state index is 12.3. The van der Waals surface area contributed by atoms with Crippen LogP contribution < -0.4 is 5.32 Å². The van der Waals surface area contributed by atoms with E-state index in [1.807, 2.05) is 62.4 Å². The van der Waals surface area contributed by atoms with E-state index in [-0.39, 0.29) is 11.2 Å². The zero-order valence-corrected chi connectivity index (χ0v) is 13.3. The van der Waals surface area contributed by atoms with E-state index in [4.69, 9.17) is 0 Å². The molecule has 0 aliphatic rings. The molecule has 3 rings (SSSR count). The zero-order valence-electron chi connectivity index (χ0n) is 12.5. The summed E-state index contributed by atoms with van der Waals surface area (Å²) in [5.74, 6) is -0.0280. The molecule has 0 unspecified atom stereocenters. The van der Waals surface area contributed by atoms with Gasteiger partial charge in [0.2, 0.25) is 5.91 Å². The van der Waals surface area contributed by atoms with Crippen LogP contribution in [0.1, 0.15) is 12.5 Å². The number of carbonyl (C=O) groups is 1. The molecule has 0 saturated heterocycles. The van der Waals surface area contributed by atoms with Crippen LogP contribution in [0.15, 0.2) is 53.7 Å². The van der Waals surface area contributed by atoms with Gasteiger partial charge in [0.1, 0.15) is 0 Å². The predicted molar refractivity (Wildman–Crippen MR) is 91.2 cm³/mol. The van der Waals surface area contributed by atoms with E-state index >= 15 is 0 Å². The average molecular weight is 311 g/mol. The molecule has 1 aromatic heterocycles. The van der Waals surface area contributed by atoms with E-state index in [2.05, 4.69) is 15.3 Å². The number of hydrogen-bond donors (Lipinski definition) is 2. The first-order valence-electron chi connectivity index (χ1n) is 7.11. The van der Waals surface area contributed by atoms with Crippen molar-refractivity contribution >= 4 is 34.4 Å². The summed E-state index contributed by atoms with van der Waals surface area (Å²) in [4.78, 5) is 20.0. The van der Waals surface area contributed by atoms with Crippen LogP contribution in [0.25, 0.3) is 11.0 Å². The number of rotatable bonds is 4. The summed E-state index contributed by atoms with van der Waals surface area (Å²) < 4.78 is 0. The molecular formula is C17H17N3OS. The average Bonchev–Trinajstić information content (AvgIpc) is 2.91. The molecular weight excluding hydrogens is 294 g/mol. The molecule has 0 radical (unpaired) electrons. The number of para-hydroxylation sites is 3. The number of H-pyrrole nitrogens is 1. The number of aromatic amines is 1. The van der Waals surface area contributed by atoms with Crippen LogP contribution >= 0.6 is 11.8 Å². The summed E-state index contributed by atoms with van der Waals surface area (Å²) in [6, 6.07) is 15.6. The maximum atomic E-state index is 12.3. The number of hydrogen-bond acceptors (Lipinski definition) is 3. The Hall–Kier alpha value is -2.27. The Balaban J connectivity index is 1.69. The molecule has 1 atom stereocenters. The highest BCUT2D eigenvalue weighted by Crippen LogP contribution is 2.24. The smallest absolute Gasteiger partial charge is 0.237 e. The van der Waals surface area contributed by atoms with Crippen LogP contribution in [0.2, 0.25) is 0 Å². The molecule has 0 saturated carbocycles. The lowest BCUT2D eigenvalue weighted by atomic mass is 10.2. The van der Waals surface area contributed by atoms with Crippen molar-refractivity contribution in [2.75, 3.05) is 5.32 Å². The Morgan fingerprint density at radius 3 is 2.68 bits per heavy atom. The van der Waals surface area contributed by atoms with Crippen molar-refractivity contribution in [3.05, 3.63) is 54.1 Å². The summed E-state index contributed by atoms with van der Waals surface area (Å²) in [7, 11) is 0. The number of nitrogens with zero attached hydrogens (tertiary/aromatic N) is 1. The van der Waals surface area contributed by atoms with Crippen molar-refractivity contribution < 1.29 is 4.79 Å². The number of thioether (sulfide) groups is 1. The number of nitrogens with one attached hydrogen (secondary N) is 2. The second kappa shape index (κ2) is 6.23. The third-order valence-electron chi connectivity index (χ3n) is 3.43. The second-order valence-corrected chi connectivity index (χ2v) is 6.45. The maximum Gasteiger partial charge on any atom is 0.237 e. The van der Waals surface area contributed by atoms with Crippen molar-refractivity contribution in [1.29, 1.82) is 0 Å². The van der Waals surface area contributed by atoms with Crippen molar-refractivity contribution in [3.63, 3.8) is 0 Å². The number of fused-ring (bicyclic) bond motifs is 1. The first-order chi connectivity index (χ1) is 10.6. The van der Waals surface area contributed by atoms with Crippen LogP contribution in [-0.2, 0) is 4.79 Å². The quantitative estimate of drug-likeness (QED) is 0.716. The highest BCUT2D eigenvalue weighted by atomic mass is 32.2. The van der Waals surface area contributed by atoms with Gasteiger partial charge in [-0.25, -0.2) is 4.98 Å². The van der Waals surface area contributed by atoms with E-state index in [0.717, 1.165) is 27.4 Å². The summed E-state index contributed by atoms with van der Waals surface area (Å²) >= 11 is 1.42. The molecule has 1 amide bonds. The number of aromatic nitrogens is 2. The molecule has 5 heteroatoms. The van der Waals surface area contributed by atoms with Crippen molar-refractivity contribution in [2.45, 2.75) is 24.3 Å². The number of benzene rings is 2. The molecule has 0 aliphatic carbocycles. The highest BCUT2D eigenvalue weighted by molar-refractivity contribution is 8.00. The van der Waals surface area contributed by atoms with Gasteiger partial charge in [0.15, 0.2) is 5.16 Å². The molecule has 112 valence electrons. The minimum Gasteiger partial charge on any atom is -0.333 e. The minimum atomic E-state index is -0.236. The Kier molecular flexibility index (Phi) is 4.15. The van der Waals surface area contributed by atoms with Gasteiger partial charge in [-0.1, -0.05) is 42.1 Å². The molecule has 0 spiro atoms. The molecule has 0 bridgehead atoms. The van der Waals surface area contributed by atoms with Crippen LogP contribution in [-0.4, -0.2) is 21.1 Å². The summed E-state index contributed by atoms with van der Waals surface area (Å²) in [6.07, 6.45) is 0. The number of anilines is 1. The largest absolute Gasteiger partial charge is 0.333 e. The van der Waals surface area contributed by atoms with Crippen molar-refractivity contribution in [2.24, 2.45) is 0 Å². The molecule has 2 N–H and O–H groups in total. The molecule has 0 aliphatic heterocycles. The molecule has 3 aromatic rings. The lowest BCUT2D eigenvalue weighted by Gasteiger charge is -2.12. The number of carbonyl (C=O) groups excluding carboxylic acids is 1. The number of imidazole rings is 1. The first-order valence-corrected chi connectivity index (χ1v) is 7.99. The molecule has 0 fully saturated rings. The van der Waals surface area contributed by atoms with Gasteiger partial charge in [-0.05, 0) is 37.6 Å². The Morgan fingerprint density at radius 2 is 1.91 bits per heavy atom. The Bertz CT molecular complexity index is 779. The van der Waals surface area contributed by atoms with Gasteiger partial charge in [-0.3, -0.25) is 4.79 Å². The zero-order chi connectivity index (χ0) is 15.5. The molecule has 2 aromatic carbocycles. The van der Waals surface area contributed by atoms with E-state index in [1.165, 1.54) is 11.8 Å². The number of aryl methyl sites for hydroxylation is 1. The Morgan fingerprint density at radius 1 is 1.18 bits per heavy atom.